The van der Waals surface area contributed by atoms with E-state index < -0.39 is 9.84 Å². The molecule has 0 aromatic carbocycles. The molecule has 150 valence electrons. The summed E-state index contributed by atoms with van der Waals surface area (Å²) in [6, 6.07) is 4.23. The zero-order valence-electron chi connectivity index (χ0n) is 15.8. The fourth-order valence-electron chi connectivity index (χ4n) is 2.67. The summed E-state index contributed by atoms with van der Waals surface area (Å²) in [5.41, 5.74) is 0.0117. The average molecular weight is 514 g/mol. The van der Waals surface area contributed by atoms with Gasteiger partial charge in [-0.05, 0) is 18.4 Å². The van der Waals surface area contributed by atoms with Crippen molar-refractivity contribution >= 4 is 51.1 Å². The van der Waals surface area contributed by atoms with Crippen LogP contribution in [0.2, 0.25) is 0 Å². The number of thiophene rings is 1. The van der Waals surface area contributed by atoms with E-state index in [1.54, 1.807) is 11.3 Å². The summed E-state index contributed by atoms with van der Waals surface area (Å²) in [4.78, 5) is 8.26. The lowest BCUT2D eigenvalue weighted by Crippen LogP contribution is -2.46. The molecule has 26 heavy (non-hydrogen) atoms. The Bertz CT molecular complexity index is 646. The molecule has 0 spiro atoms. The van der Waals surface area contributed by atoms with E-state index in [2.05, 4.69) is 53.8 Å². The molecule has 0 unspecified atom stereocenters. The van der Waals surface area contributed by atoms with Crippen molar-refractivity contribution in [1.82, 2.24) is 15.5 Å². The summed E-state index contributed by atoms with van der Waals surface area (Å²) in [5.74, 6) is 1.36. The molecule has 0 saturated carbocycles. The van der Waals surface area contributed by atoms with Gasteiger partial charge >= 0.3 is 0 Å². The van der Waals surface area contributed by atoms with E-state index in [9.17, 15) is 8.42 Å². The number of halogens is 1. The quantitative estimate of drug-likeness (QED) is 0.331. The highest BCUT2D eigenvalue weighted by Gasteiger charge is 2.22. The fourth-order valence-corrected chi connectivity index (χ4v) is 4.79. The number of aliphatic imine (C=N–C) groups is 1. The Morgan fingerprint density at radius 3 is 2.58 bits per heavy atom. The molecule has 1 aromatic heterocycles. The van der Waals surface area contributed by atoms with Crippen LogP contribution in [0, 0.1) is 0 Å². The SMILES string of the molecule is CCNC(=NCC(C)(C)c1cccs1)NCCN1CCS(=O)(=O)CC1.I. The maximum Gasteiger partial charge on any atom is 0.191 e. The number of nitrogens with one attached hydrogen (secondary N) is 2. The molecular weight excluding hydrogens is 483 g/mol. The van der Waals surface area contributed by atoms with E-state index >= 15 is 0 Å². The summed E-state index contributed by atoms with van der Waals surface area (Å²) in [7, 11) is -2.81. The second-order valence-electron chi connectivity index (χ2n) is 6.98. The number of nitrogens with zero attached hydrogens (tertiary/aromatic N) is 2. The van der Waals surface area contributed by atoms with Gasteiger partial charge in [0.1, 0.15) is 0 Å². The Morgan fingerprint density at radius 2 is 2.00 bits per heavy atom. The molecule has 2 N–H and O–H groups in total. The molecule has 1 aromatic rings. The van der Waals surface area contributed by atoms with Gasteiger partial charge in [0, 0.05) is 43.0 Å². The van der Waals surface area contributed by atoms with Crippen molar-refractivity contribution in [3.8, 4) is 0 Å². The van der Waals surface area contributed by atoms with E-state index in [-0.39, 0.29) is 40.9 Å². The lowest BCUT2D eigenvalue weighted by molar-refractivity contribution is 0.299. The lowest BCUT2D eigenvalue weighted by Gasteiger charge is -2.27. The molecule has 0 radical (unpaired) electrons. The summed E-state index contributed by atoms with van der Waals surface area (Å²) in [6.45, 7) is 10.8. The second-order valence-corrected chi connectivity index (χ2v) is 10.2. The van der Waals surface area contributed by atoms with E-state index in [0.29, 0.717) is 19.6 Å². The van der Waals surface area contributed by atoms with Gasteiger partial charge in [-0.2, -0.15) is 0 Å². The van der Waals surface area contributed by atoms with Crippen LogP contribution >= 0.6 is 35.3 Å². The smallest absolute Gasteiger partial charge is 0.191 e. The van der Waals surface area contributed by atoms with Gasteiger partial charge in [-0.25, -0.2) is 8.42 Å². The number of guanidine groups is 1. The summed E-state index contributed by atoms with van der Waals surface area (Å²) >= 11 is 1.77. The highest BCUT2D eigenvalue weighted by atomic mass is 127. The molecule has 1 aliphatic heterocycles. The van der Waals surface area contributed by atoms with Crippen molar-refractivity contribution in [3.05, 3.63) is 22.4 Å². The van der Waals surface area contributed by atoms with E-state index in [1.165, 1.54) is 4.88 Å². The molecular formula is C17H31IN4O2S2. The van der Waals surface area contributed by atoms with Gasteiger partial charge < -0.3 is 10.6 Å². The Morgan fingerprint density at radius 1 is 1.31 bits per heavy atom. The first-order valence-corrected chi connectivity index (χ1v) is 11.5. The predicted molar refractivity (Wildman–Crippen MR) is 122 cm³/mol. The summed E-state index contributed by atoms with van der Waals surface area (Å²) in [6.07, 6.45) is 0. The maximum absolute atomic E-state index is 11.5. The normalized spacial score (nSPS) is 18.2. The van der Waals surface area contributed by atoms with Crippen molar-refractivity contribution in [2.24, 2.45) is 4.99 Å². The van der Waals surface area contributed by atoms with Crippen LogP contribution in [0.25, 0.3) is 0 Å². The van der Waals surface area contributed by atoms with Crippen molar-refractivity contribution in [1.29, 1.82) is 0 Å². The predicted octanol–water partition coefficient (Wildman–Crippen LogP) is 1.93. The third-order valence-electron chi connectivity index (χ3n) is 4.32. The Kier molecular flexibility index (Phi) is 9.84. The van der Waals surface area contributed by atoms with Crippen LogP contribution in [-0.2, 0) is 15.3 Å². The monoisotopic (exact) mass is 514 g/mol. The summed E-state index contributed by atoms with van der Waals surface area (Å²) < 4.78 is 22.9. The molecule has 6 nitrogen and oxygen atoms in total. The first kappa shape index (κ1) is 23.6. The van der Waals surface area contributed by atoms with Gasteiger partial charge in [0.15, 0.2) is 15.8 Å². The van der Waals surface area contributed by atoms with E-state index in [1.807, 2.05) is 0 Å². The van der Waals surface area contributed by atoms with Crippen molar-refractivity contribution in [2.75, 3.05) is 50.8 Å². The van der Waals surface area contributed by atoms with Gasteiger partial charge in [-0.3, -0.25) is 9.89 Å². The largest absolute Gasteiger partial charge is 0.357 e. The van der Waals surface area contributed by atoms with Crippen molar-refractivity contribution in [3.63, 3.8) is 0 Å². The molecule has 0 bridgehead atoms. The Hall–Kier alpha value is -0.390. The molecule has 0 atom stereocenters. The number of rotatable bonds is 7. The number of sulfone groups is 1. The van der Waals surface area contributed by atoms with Crippen LogP contribution in [0.5, 0.6) is 0 Å². The zero-order chi connectivity index (χ0) is 18.3. The second kappa shape index (κ2) is 10.8. The molecule has 1 saturated heterocycles. The van der Waals surface area contributed by atoms with Crippen molar-refractivity contribution < 1.29 is 8.42 Å². The van der Waals surface area contributed by atoms with Gasteiger partial charge in [0.05, 0.1) is 18.1 Å². The van der Waals surface area contributed by atoms with Gasteiger partial charge in [-0.15, -0.1) is 35.3 Å². The topological polar surface area (TPSA) is 73.8 Å². The highest BCUT2D eigenvalue weighted by molar-refractivity contribution is 14.0. The third kappa shape index (κ3) is 7.69. The van der Waals surface area contributed by atoms with Crippen LogP contribution in [0.3, 0.4) is 0 Å². The average Bonchev–Trinajstić information content (AvgIpc) is 3.09. The van der Waals surface area contributed by atoms with E-state index in [0.717, 1.165) is 25.6 Å². The van der Waals surface area contributed by atoms with Crippen LogP contribution in [0.4, 0.5) is 0 Å². The highest BCUT2D eigenvalue weighted by Crippen LogP contribution is 2.27. The molecule has 9 heteroatoms. The first-order valence-electron chi connectivity index (χ1n) is 8.81. The standard InChI is InChI=1S/C17H30N4O2S2.HI/c1-4-18-16(20-14-17(2,3)15-6-5-11-24-15)19-7-8-21-9-12-25(22,23)13-10-21;/h5-6,11H,4,7-10,12-14H2,1-3H3,(H2,18,19,20);1H. The lowest BCUT2D eigenvalue weighted by atomic mass is 9.92. The minimum absolute atomic E-state index is 0. The number of hydrogen-bond donors (Lipinski definition) is 2. The van der Waals surface area contributed by atoms with Crippen LogP contribution in [0.1, 0.15) is 25.6 Å². The van der Waals surface area contributed by atoms with Gasteiger partial charge in [0.25, 0.3) is 0 Å². The zero-order valence-corrected chi connectivity index (χ0v) is 19.8. The minimum atomic E-state index is -2.81. The van der Waals surface area contributed by atoms with Crippen LogP contribution in [0.15, 0.2) is 22.5 Å². The summed E-state index contributed by atoms with van der Waals surface area (Å²) in [5, 5.41) is 8.74. The molecule has 1 aliphatic rings. The van der Waals surface area contributed by atoms with Gasteiger partial charge in [0.2, 0.25) is 0 Å². The van der Waals surface area contributed by atoms with E-state index in [4.69, 9.17) is 4.99 Å². The Labute approximate surface area is 178 Å². The van der Waals surface area contributed by atoms with Crippen molar-refractivity contribution in [2.45, 2.75) is 26.2 Å². The minimum Gasteiger partial charge on any atom is -0.357 e. The molecule has 0 amide bonds. The molecule has 1 fully saturated rings. The third-order valence-corrected chi connectivity index (χ3v) is 7.17. The Balaban J connectivity index is 0.00000338. The fraction of sp³-hybridized carbons (Fsp3) is 0.706. The van der Waals surface area contributed by atoms with Gasteiger partial charge in [-0.1, -0.05) is 19.9 Å². The van der Waals surface area contributed by atoms with Crippen LogP contribution in [-0.4, -0.2) is 70.1 Å². The molecule has 0 aliphatic carbocycles. The molecule has 2 heterocycles. The number of hydrogen-bond acceptors (Lipinski definition) is 5. The first-order chi connectivity index (χ1) is 11.8. The maximum atomic E-state index is 11.5. The molecule has 2 rings (SSSR count). The van der Waals surface area contributed by atoms with Crippen LogP contribution < -0.4 is 10.6 Å².